The van der Waals surface area contributed by atoms with Gasteiger partial charge in [-0.1, -0.05) is 30.3 Å². The Morgan fingerprint density at radius 2 is 1.91 bits per heavy atom. The minimum atomic E-state index is 0.00108. The molecular formula is C17H20N6. The SMILES string of the molecule is CN(C)CCc1nc2c(C(=N)N)ccc(-c3ccccc3)n2n1. The van der Waals surface area contributed by atoms with Crippen LogP contribution in [-0.2, 0) is 6.42 Å². The van der Waals surface area contributed by atoms with Crippen LogP contribution in [0.15, 0.2) is 42.5 Å². The topological polar surface area (TPSA) is 83.3 Å². The largest absolute Gasteiger partial charge is 0.384 e. The molecule has 0 saturated carbocycles. The second-order valence-electron chi connectivity index (χ2n) is 5.73. The second-order valence-corrected chi connectivity index (χ2v) is 5.73. The van der Waals surface area contributed by atoms with Crippen LogP contribution in [0.3, 0.4) is 0 Å². The van der Waals surface area contributed by atoms with Gasteiger partial charge in [-0.2, -0.15) is 5.10 Å². The van der Waals surface area contributed by atoms with Gasteiger partial charge in [0, 0.05) is 18.5 Å². The maximum absolute atomic E-state index is 7.76. The van der Waals surface area contributed by atoms with Crippen molar-refractivity contribution in [2.75, 3.05) is 20.6 Å². The third kappa shape index (κ3) is 3.07. The van der Waals surface area contributed by atoms with Crippen LogP contribution in [0.1, 0.15) is 11.4 Å². The van der Waals surface area contributed by atoms with Crippen LogP contribution in [0, 0.1) is 5.41 Å². The Balaban J connectivity index is 2.15. The monoisotopic (exact) mass is 308 g/mol. The van der Waals surface area contributed by atoms with Crippen LogP contribution in [0.4, 0.5) is 0 Å². The Morgan fingerprint density at radius 1 is 1.17 bits per heavy atom. The molecule has 118 valence electrons. The van der Waals surface area contributed by atoms with Gasteiger partial charge in [0.1, 0.15) is 5.84 Å². The highest BCUT2D eigenvalue weighted by molar-refractivity contribution is 6.00. The van der Waals surface area contributed by atoms with E-state index in [1.807, 2.05) is 56.6 Å². The molecule has 0 spiro atoms. The number of hydrogen-bond acceptors (Lipinski definition) is 4. The van der Waals surface area contributed by atoms with E-state index in [0.29, 0.717) is 11.2 Å². The highest BCUT2D eigenvalue weighted by Crippen LogP contribution is 2.22. The Kier molecular flexibility index (Phi) is 4.08. The number of nitrogens with zero attached hydrogens (tertiary/aromatic N) is 4. The fraction of sp³-hybridized carbons (Fsp3) is 0.235. The van der Waals surface area contributed by atoms with Crippen molar-refractivity contribution in [1.29, 1.82) is 5.41 Å². The van der Waals surface area contributed by atoms with Crippen LogP contribution >= 0.6 is 0 Å². The van der Waals surface area contributed by atoms with Gasteiger partial charge in [0.2, 0.25) is 0 Å². The zero-order valence-electron chi connectivity index (χ0n) is 13.3. The molecule has 0 bridgehead atoms. The smallest absolute Gasteiger partial charge is 0.167 e. The third-order valence-corrected chi connectivity index (χ3v) is 3.67. The summed E-state index contributed by atoms with van der Waals surface area (Å²) in [6, 6.07) is 13.8. The van der Waals surface area contributed by atoms with Gasteiger partial charge in [0.15, 0.2) is 11.5 Å². The molecule has 0 amide bonds. The van der Waals surface area contributed by atoms with E-state index in [9.17, 15) is 0 Å². The molecule has 3 rings (SSSR count). The molecule has 0 fully saturated rings. The van der Waals surface area contributed by atoms with Crippen LogP contribution in [-0.4, -0.2) is 46.0 Å². The number of hydrogen-bond donors (Lipinski definition) is 2. The summed E-state index contributed by atoms with van der Waals surface area (Å²) in [4.78, 5) is 6.69. The molecule has 0 radical (unpaired) electrons. The number of pyridine rings is 1. The van der Waals surface area contributed by atoms with Crippen LogP contribution in [0.25, 0.3) is 16.9 Å². The van der Waals surface area contributed by atoms with Crippen molar-refractivity contribution in [3.05, 3.63) is 53.9 Å². The summed E-state index contributed by atoms with van der Waals surface area (Å²) in [5.41, 5.74) is 8.92. The number of aromatic nitrogens is 3. The number of benzene rings is 1. The minimum Gasteiger partial charge on any atom is -0.384 e. The lowest BCUT2D eigenvalue weighted by atomic mass is 10.1. The van der Waals surface area contributed by atoms with E-state index in [1.54, 1.807) is 4.52 Å². The normalized spacial score (nSPS) is 11.3. The van der Waals surface area contributed by atoms with Gasteiger partial charge in [-0.3, -0.25) is 5.41 Å². The number of nitrogens with two attached hydrogens (primary N) is 1. The average Bonchev–Trinajstić information content (AvgIpc) is 2.96. The maximum atomic E-state index is 7.76. The number of fused-ring (bicyclic) bond motifs is 1. The van der Waals surface area contributed by atoms with Crippen molar-refractivity contribution in [3.63, 3.8) is 0 Å². The molecule has 3 aromatic rings. The van der Waals surface area contributed by atoms with Gasteiger partial charge in [0.25, 0.3) is 0 Å². The number of rotatable bonds is 5. The van der Waals surface area contributed by atoms with E-state index in [4.69, 9.17) is 11.1 Å². The van der Waals surface area contributed by atoms with Crippen molar-refractivity contribution in [1.82, 2.24) is 19.5 Å². The van der Waals surface area contributed by atoms with Gasteiger partial charge in [-0.05, 0) is 26.2 Å². The summed E-state index contributed by atoms with van der Waals surface area (Å²) in [5.74, 6) is 0.755. The van der Waals surface area contributed by atoms with Crippen LogP contribution in [0.5, 0.6) is 0 Å². The van der Waals surface area contributed by atoms with E-state index >= 15 is 0 Å². The van der Waals surface area contributed by atoms with Crippen LogP contribution in [0.2, 0.25) is 0 Å². The first-order valence-electron chi connectivity index (χ1n) is 7.49. The molecule has 23 heavy (non-hydrogen) atoms. The molecular weight excluding hydrogens is 288 g/mol. The number of likely N-dealkylation sites (N-methyl/N-ethyl adjacent to an activating group) is 1. The summed E-state index contributed by atoms with van der Waals surface area (Å²) in [5, 5.41) is 12.4. The summed E-state index contributed by atoms with van der Waals surface area (Å²) >= 11 is 0. The fourth-order valence-electron chi connectivity index (χ4n) is 2.47. The van der Waals surface area contributed by atoms with Gasteiger partial charge < -0.3 is 10.6 Å². The molecule has 0 aliphatic heterocycles. The lowest BCUT2D eigenvalue weighted by molar-refractivity contribution is 0.409. The first-order chi connectivity index (χ1) is 11.1. The Morgan fingerprint density at radius 3 is 2.57 bits per heavy atom. The summed E-state index contributed by atoms with van der Waals surface area (Å²) in [7, 11) is 4.04. The van der Waals surface area contributed by atoms with E-state index in [2.05, 4.69) is 15.0 Å². The molecule has 0 aliphatic rings. The van der Waals surface area contributed by atoms with Crippen LogP contribution < -0.4 is 5.73 Å². The van der Waals surface area contributed by atoms with E-state index < -0.39 is 0 Å². The lowest BCUT2D eigenvalue weighted by Crippen LogP contribution is -2.15. The van der Waals surface area contributed by atoms with Gasteiger partial charge in [0.05, 0.1) is 11.3 Å². The standard InChI is InChI=1S/C17H20N6/c1-22(2)11-10-15-20-17-13(16(18)19)8-9-14(23(17)21-15)12-6-4-3-5-7-12/h3-9H,10-11H2,1-2H3,(H3,18,19). The summed E-state index contributed by atoms with van der Waals surface area (Å²) < 4.78 is 1.79. The van der Waals surface area contributed by atoms with Crippen molar-refractivity contribution >= 4 is 11.5 Å². The number of nitrogens with one attached hydrogen (secondary N) is 1. The predicted octanol–water partition coefficient (Wildman–Crippen LogP) is 1.78. The van der Waals surface area contributed by atoms with E-state index in [0.717, 1.165) is 30.0 Å². The summed E-state index contributed by atoms with van der Waals surface area (Å²) in [6.07, 6.45) is 0.750. The molecule has 6 heteroatoms. The van der Waals surface area contributed by atoms with E-state index in [1.165, 1.54) is 0 Å². The fourth-order valence-corrected chi connectivity index (χ4v) is 2.47. The first kappa shape index (κ1) is 15.2. The maximum Gasteiger partial charge on any atom is 0.167 e. The second kappa shape index (κ2) is 6.18. The Hall–Kier alpha value is -2.73. The molecule has 6 nitrogen and oxygen atoms in total. The minimum absolute atomic E-state index is 0.00108. The molecule has 0 unspecified atom stereocenters. The first-order valence-corrected chi connectivity index (χ1v) is 7.49. The third-order valence-electron chi connectivity index (χ3n) is 3.67. The summed E-state index contributed by atoms with van der Waals surface area (Å²) in [6.45, 7) is 0.868. The molecule has 3 N–H and O–H groups in total. The number of amidine groups is 1. The van der Waals surface area contributed by atoms with Gasteiger partial charge in [-0.25, -0.2) is 9.50 Å². The molecule has 2 aromatic heterocycles. The quantitative estimate of drug-likeness (QED) is 0.556. The molecule has 2 heterocycles. The Bertz CT molecular complexity index is 835. The Labute approximate surface area is 135 Å². The average molecular weight is 308 g/mol. The van der Waals surface area contributed by atoms with Gasteiger partial charge >= 0.3 is 0 Å². The molecule has 1 aromatic carbocycles. The van der Waals surface area contributed by atoms with Crippen molar-refractivity contribution in [2.45, 2.75) is 6.42 Å². The molecule has 0 atom stereocenters. The van der Waals surface area contributed by atoms with E-state index in [-0.39, 0.29) is 5.84 Å². The van der Waals surface area contributed by atoms with Crippen molar-refractivity contribution in [2.24, 2.45) is 5.73 Å². The highest BCUT2D eigenvalue weighted by atomic mass is 15.3. The van der Waals surface area contributed by atoms with Crippen molar-refractivity contribution < 1.29 is 0 Å². The zero-order valence-corrected chi connectivity index (χ0v) is 13.3. The number of nitrogen functional groups attached to an aromatic ring is 1. The molecule has 0 saturated heterocycles. The highest BCUT2D eigenvalue weighted by Gasteiger charge is 2.14. The molecule has 0 aliphatic carbocycles. The lowest BCUT2D eigenvalue weighted by Gasteiger charge is -2.07. The van der Waals surface area contributed by atoms with Crippen molar-refractivity contribution in [3.8, 4) is 11.3 Å². The predicted molar refractivity (Wildman–Crippen MR) is 91.7 cm³/mol. The van der Waals surface area contributed by atoms with Gasteiger partial charge in [-0.15, -0.1) is 0 Å². The zero-order chi connectivity index (χ0) is 16.4.